The van der Waals surface area contributed by atoms with Gasteiger partial charge in [-0.2, -0.15) is 0 Å². The van der Waals surface area contributed by atoms with Crippen LogP contribution in [0.4, 0.5) is 10.1 Å². The molecule has 2 heterocycles. The van der Waals surface area contributed by atoms with Crippen molar-refractivity contribution in [1.82, 2.24) is 9.38 Å². The van der Waals surface area contributed by atoms with E-state index in [0.29, 0.717) is 11.4 Å². The molecule has 2 aromatic heterocycles. The standard InChI is InChI=1S/C23H20FN3O3/c1-14-8-9-27-13-19(25-22(27)10-14)15-4-7-21(30-3)18(12-15)26-23(28)16-5-6-20(29-2)17(24)11-16/h4-13H,1-3H3,(H,26,28). The smallest absolute Gasteiger partial charge is 0.255 e. The first-order valence-corrected chi connectivity index (χ1v) is 9.27. The van der Waals surface area contributed by atoms with Gasteiger partial charge >= 0.3 is 0 Å². The second-order valence-corrected chi connectivity index (χ2v) is 6.81. The molecule has 30 heavy (non-hydrogen) atoms. The monoisotopic (exact) mass is 405 g/mol. The maximum absolute atomic E-state index is 14.0. The van der Waals surface area contributed by atoms with Crippen molar-refractivity contribution in [1.29, 1.82) is 0 Å². The number of carbonyl (C=O) groups is 1. The summed E-state index contributed by atoms with van der Waals surface area (Å²) in [6.07, 6.45) is 3.87. The summed E-state index contributed by atoms with van der Waals surface area (Å²) in [7, 11) is 2.89. The number of hydrogen-bond donors (Lipinski definition) is 1. The van der Waals surface area contributed by atoms with Crippen LogP contribution < -0.4 is 14.8 Å². The molecule has 0 bridgehead atoms. The number of ether oxygens (including phenoxy) is 2. The zero-order chi connectivity index (χ0) is 21.3. The molecule has 6 nitrogen and oxygen atoms in total. The summed E-state index contributed by atoms with van der Waals surface area (Å²) in [4.78, 5) is 17.3. The van der Waals surface area contributed by atoms with E-state index in [1.165, 1.54) is 26.4 Å². The van der Waals surface area contributed by atoms with Gasteiger partial charge in [-0.25, -0.2) is 9.37 Å². The first-order valence-electron chi connectivity index (χ1n) is 9.27. The average Bonchev–Trinajstić information content (AvgIpc) is 3.16. The van der Waals surface area contributed by atoms with E-state index >= 15 is 0 Å². The van der Waals surface area contributed by atoms with Gasteiger partial charge in [-0.05, 0) is 61.0 Å². The van der Waals surface area contributed by atoms with Gasteiger partial charge in [0.25, 0.3) is 5.91 Å². The van der Waals surface area contributed by atoms with Crippen LogP contribution in [0.15, 0.2) is 60.9 Å². The zero-order valence-electron chi connectivity index (χ0n) is 16.8. The number of fused-ring (bicyclic) bond motifs is 1. The third kappa shape index (κ3) is 3.69. The van der Waals surface area contributed by atoms with Crippen molar-refractivity contribution in [2.45, 2.75) is 6.92 Å². The molecular weight excluding hydrogens is 385 g/mol. The summed E-state index contributed by atoms with van der Waals surface area (Å²) in [5.41, 5.74) is 4.16. The number of benzene rings is 2. The Morgan fingerprint density at radius 2 is 1.80 bits per heavy atom. The van der Waals surface area contributed by atoms with Crippen LogP contribution in [0.5, 0.6) is 11.5 Å². The number of methoxy groups -OCH3 is 2. The van der Waals surface area contributed by atoms with Crippen LogP contribution in [0.2, 0.25) is 0 Å². The van der Waals surface area contributed by atoms with Crippen LogP contribution in [-0.4, -0.2) is 29.5 Å². The Morgan fingerprint density at radius 1 is 1.03 bits per heavy atom. The highest BCUT2D eigenvalue weighted by Gasteiger charge is 2.14. The Hall–Kier alpha value is -3.87. The minimum atomic E-state index is -0.606. The van der Waals surface area contributed by atoms with Gasteiger partial charge in [0.05, 0.1) is 25.6 Å². The second kappa shape index (κ2) is 7.87. The van der Waals surface area contributed by atoms with Crippen molar-refractivity contribution in [2.75, 3.05) is 19.5 Å². The van der Waals surface area contributed by atoms with Crippen molar-refractivity contribution < 1.29 is 18.7 Å². The van der Waals surface area contributed by atoms with Crippen molar-refractivity contribution in [3.05, 3.63) is 77.9 Å². The van der Waals surface area contributed by atoms with Gasteiger partial charge in [-0.15, -0.1) is 0 Å². The fourth-order valence-corrected chi connectivity index (χ4v) is 3.19. The highest BCUT2D eigenvalue weighted by atomic mass is 19.1. The number of hydrogen-bond acceptors (Lipinski definition) is 4. The number of aromatic nitrogens is 2. The highest BCUT2D eigenvalue weighted by Crippen LogP contribution is 2.31. The number of pyridine rings is 1. The minimum Gasteiger partial charge on any atom is -0.495 e. The van der Waals surface area contributed by atoms with E-state index in [-0.39, 0.29) is 11.3 Å². The summed E-state index contributed by atoms with van der Waals surface area (Å²) < 4.78 is 26.2. The van der Waals surface area contributed by atoms with Gasteiger partial charge in [0.1, 0.15) is 11.4 Å². The molecule has 152 valence electrons. The number of carbonyl (C=O) groups excluding carboxylic acids is 1. The maximum atomic E-state index is 14.0. The van der Waals surface area contributed by atoms with Crippen LogP contribution in [0.25, 0.3) is 16.9 Å². The van der Waals surface area contributed by atoms with Crippen molar-refractivity contribution in [3.8, 4) is 22.8 Å². The molecule has 4 aromatic rings. The van der Waals surface area contributed by atoms with Crippen LogP contribution in [0.3, 0.4) is 0 Å². The van der Waals surface area contributed by atoms with Crippen LogP contribution in [0, 0.1) is 12.7 Å². The average molecular weight is 405 g/mol. The number of halogens is 1. The molecule has 0 aliphatic rings. The summed E-state index contributed by atoms with van der Waals surface area (Å²) in [6, 6.07) is 13.5. The number of aryl methyl sites for hydroxylation is 1. The molecule has 0 aliphatic carbocycles. The maximum Gasteiger partial charge on any atom is 0.255 e. The van der Waals surface area contributed by atoms with Crippen LogP contribution in [-0.2, 0) is 0 Å². The molecule has 0 saturated carbocycles. The molecular formula is C23H20FN3O3. The third-order valence-electron chi connectivity index (χ3n) is 4.77. The van der Waals surface area contributed by atoms with Gasteiger partial charge in [-0.1, -0.05) is 0 Å². The van der Waals surface area contributed by atoms with Crippen LogP contribution >= 0.6 is 0 Å². The van der Waals surface area contributed by atoms with E-state index in [2.05, 4.69) is 10.3 Å². The Kier molecular flexibility index (Phi) is 5.10. The molecule has 2 aromatic carbocycles. The van der Waals surface area contributed by atoms with Crippen molar-refractivity contribution in [2.24, 2.45) is 0 Å². The molecule has 0 spiro atoms. The molecule has 0 aliphatic heterocycles. The summed E-state index contributed by atoms with van der Waals surface area (Å²) >= 11 is 0. The molecule has 1 N–H and O–H groups in total. The van der Waals surface area contributed by atoms with Gasteiger partial charge < -0.3 is 19.2 Å². The predicted molar refractivity (Wildman–Crippen MR) is 113 cm³/mol. The molecule has 0 saturated heterocycles. The van der Waals surface area contributed by atoms with Gasteiger partial charge in [0, 0.05) is 23.5 Å². The molecule has 1 amide bonds. The molecule has 0 unspecified atom stereocenters. The highest BCUT2D eigenvalue weighted by molar-refractivity contribution is 6.05. The second-order valence-electron chi connectivity index (χ2n) is 6.81. The largest absolute Gasteiger partial charge is 0.495 e. The Labute approximate surface area is 172 Å². The first-order chi connectivity index (χ1) is 14.5. The zero-order valence-corrected chi connectivity index (χ0v) is 16.8. The van der Waals surface area contributed by atoms with E-state index in [1.54, 1.807) is 12.1 Å². The van der Waals surface area contributed by atoms with E-state index in [1.807, 2.05) is 41.9 Å². The number of nitrogens with one attached hydrogen (secondary N) is 1. The quantitative estimate of drug-likeness (QED) is 0.522. The van der Waals surface area contributed by atoms with E-state index in [9.17, 15) is 9.18 Å². The fourth-order valence-electron chi connectivity index (χ4n) is 3.19. The topological polar surface area (TPSA) is 64.9 Å². The molecule has 7 heteroatoms. The third-order valence-corrected chi connectivity index (χ3v) is 4.77. The Morgan fingerprint density at radius 3 is 2.53 bits per heavy atom. The van der Waals surface area contributed by atoms with E-state index in [0.717, 1.165) is 28.5 Å². The molecule has 0 atom stereocenters. The first kappa shape index (κ1) is 19.4. The number of anilines is 1. The minimum absolute atomic E-state index is 0.0770. The molecule has 0 fully saturated rings. The Bertz CT molecular complexity index is 1250. The predicted octanol–water partition coefficient (Wildman–Crippen LogP) is 4.72. The molecule has 4 rings (SSSR count). The summed E-state index contributed by atoms with van der Waals surface area (Å²) in [6.45, 7) is 2.01. The van der Waals surface area contributed by atoms with Crippen LogP contribution in [0.1, 0.15) is 15.9 Å². The molecule has 0 radical (unpaired) electrons. The van der Waals surface area contributed by atoms with E-state index < -0.39 is 11.7 Å². The van der Waals surface area contributed by atoms with Crippen molar-refractivity contribution >= 4 is 17.2 Å². The lowest BCUT2D eigenvalue weighted by molar-refractivity contribution is 0.102. The van der Waals surface area contributed by atoms with E-state index in [4.69, 9.17) is 9.47 Å². The number of nitrogens with zero attached hydrogens (tertiary/aromatic N) is 2. The number of imidazole rings is 1. The van der Waals surface area contributed by atoms with Gasteiger partial charge in [0.2, 0.25) is 0 Å². The normalized spacial score (nSPS) is 10.8. The Balaban J connectivity index is 1.67. The fraction of sp³-hybridized carbons (Fsp3) is 0.130. The SMILES string of the molecule is COc1ccc(C(=O)Nc2cc(-c3cn4ccc(C)cc4n3)ccc2OC)cc1F. The number of amides is 1. The lowest BCUT2D eigenvalue weighted by Crippen LogP contribution is -2.13. The summed E-state index contributed by atoms with van der Waals surface area (Å²) in [5.74, 6) is -0.502. The lowest BCUT2D eigenvalue weighted by Gasteiger charge is -2.12. The lowest BCUT2D eigenvalue weighted by atomic mass is 10.1. The van der Waals surface area contributed by atoms with Gasteiger partial charge in [-0.3, -0.25) is 4.79 Å². The van der Waals surface area contributed by atoms with Gasteiger partial charge in [0.15, 0.2) is 11.6 Å². The number of rotatable bonds is 5. The van der Waals surface area contributed by atoms with Crippen molar-refractivity contribution in [3.63, 3.8) is 0 Å². The summed E-state index contributed by atoms with van der Waals surface area (Å²) in [5, 5.41) is 2.79.